The predicted molar refractivity (Wildman–Crippen MR) is 64.4 cm³/mol. The summed E-state index contributed by atoms with van der Waals surface area (Å²) in [5, 5.41) is 0. The Balaban J connectivity index is 2.73. The highest BCUT2D eigenvalue weighted by Gasteiger charge is 2.16. The second-order valence-corrected chi connectivity index (χ2v) is 5.53. The molecule has 0 fully saturated rings. The second kappa shape index (κ2) is 5.63. The average molecular weight is 254 g/mol. The van der Waals surface area contributed by atoms with E-state index in [2.05, 4.69) is 11.3 Å². The van der Waals surface area contributed by atoms with Crippen LogP contribution in [-0.2, 0) is 19.4 Å². The molecule has 5 heteroatoms. The van der Waals surface area contributed by atoms with Gasteiger partial charge in [0.05, 0.1) is 10.6 Å². The lowest BCUT2D eigenvalue weighted by Gasteiger charge is -2.07. The van der Waals surface area contributed by atoms with Gasteiger partial charge in [-0.25, -0.2) is 13.2 Å². The first-order valence-corrected chi connectivity index (χ1v) is 6.70. The molecule has 1 aromatic carbocycles. The molecule has 0 atom stereocenters. The zero-order valence-electron chi connectivity index (χ0n) is 9.55. The summed E-state index contributed by atoms with van der Waals surface area (Å²) in [5.41, 5.74) is 0.683. The standard InChI is InChI=1S/C12H14O4S/c1-3-12(13)16-8-9-17(14,15)11-7-5-4-6-10(11)2/h3-7H,1,8-9H2,2H3. The van der Waals surface area contributed by atoms with Crippen LogP contribution >= 0.6 is 0 Å². The minimum atomic E-state index is -3.41. The van der Waals surface area contributed by atoms with Gasteiger partial charge < -0.3 is 4.74 Å². The minimum absolute atomic E-state index is 0.165. The van der Waals surface area contributed by atoms with Gasteiger partial charge in [0.1, 0.15) is 6.61 Å². The fourth-order valence-electron chi connectivity index (χ4n) is 1.33. The maximum absolute atomic E-state index is 11.9. The van der Waals surface area contributed by atoms with E-state index in [4.69, 9.17) is 0 Å². The van der Waals surface area contributed by atoms with Gasteiger partial charge >= 0.3 is 5.97 Å². The van der Waals surface area contributed by atoms with E-state index in [9.17, 15) is 13.2 Å². The Morgan fingerprint density at radius 3 is 2.65 bits per heavy atom. The fourth-order valence-corrected chi connectivity index (χ4v) is 2.69. The summed E-state index contributed by atoms with van der Waals surface area (Å²) in [5.74, 6) is -0.845. The summed E-state index contributed by atoms with van der Waals surface area (Å²) in [6.07, 6.45) is 1.00. The molecule has 0 bridgehead atoms. The highest BCUT2D eigenvalue weighted by Crippen LogP contribution is 2.15. The zero-order valence-corrected chi connectivity index (χ0v) is 10.4. The molecule has 0 saturated carbocycles. The van der Waals surface area contributed by atoms with Gasteiger partial charge in [0.15, 0.2) is 9.84 Å². The van der Waals surface area contributed by atoms with Crippen molar-refractivity contribution in [3.63, 3.8) is 0 Å². The maximum atomic E-state index is 11.9. The molecular weight excluding hydrogens is 240 g/mol. The van der Waals surface area contributed by atoms with Crippen LogP contribution in [0.25, 0.3) is 0 Å². The number of benzene rings is 1. The van der Waals surface area contributed by atoms with E-state index in [1.54, 1.807) is 31.2 Å². The van der Waals surface area contributed by atoms with Crippen molar-refractivity contribution in [1.29, 1.82) is 0 Å². The van der Waals surface area contributed by atoms with Gasteiger partial charge in [-0.2, -0.15) is 0 Å². The number of hydrogen-bond donors (Lipinski definition) is 0. The molecule has 0 spiro atoms. The minimum Gasteiger partial charge on any atom is -0.461 e. The maximum Gasteiger partial charge on any atom is 0.330 e. The Morgan fingerprint density at radius 1 is 1.41 bits per heavy atom. The van der Waals surface area contributed by atoms with E-state index in [0.717, 1.165) is 6.08 Å². The number of carbonyl (C=O) groups is 1. The third kappa shape index (κ3) is 3.71. The number of rotatable bonds is 5. The SMILES string of the molecule is C=CC(=O)OCCS(=O)(=O)c1ccccc1C. The topological polar surface area (TPSA) is 60.4 Å². The van der Waals surface area contributed by atoms with Crippen molar-refractivity contribution in [2.75, 3.05) is 12.4 Å². The number of carbonyl (C=O) groups excluding carboxylic acids is 1. The fraction of sp³-hybridized carbons (Fsp3) is 0.250. The van der Waals surface area contributed by atoms with Gasteiger partial charge in [0.2, 0.25) is 0 Å². The van der Waals surface area contributed by atoms with Gasteiger partial charge in [0.25, 0.3) is 0 Å². The quantitative estimate of drug-likeness (QED) is 0.590. The van der Waals surface area contributed by atoms with Crippen LogP contribution in [0.2, 0.25) is 0 Å². The summed E-state index contributed by atoms with van der Waals surface area (Å²) in [6.45, 7) is 4.78. The van der Waals surface area contributed by atoms with Crippen LogP contribution < -0.4 is 0 Å². The van der Waals surface area contributed by atoms with Crippen LogP contribution in [-0.4, -0.2) is 26.7 Å². The Kier molecular flexibility index (Phi) is 4.45. The first-order chi connectivity index (χ1) is 7.97. The smallest absolute Gasteiger partial charge is 0.330 e. The average Bonchev–Trinajstić information content (AvgIpc) is 2.28. The molecule has 0 heterocycles. The monoisotopic (exact) mass is 254 g/mol. The number of ether oxygens (including phenoxy) is 1. The van der Waals surface area contributed by atoms with Crippen molar-refractivity contribution in [3.8, 4) is 0 Å². The predicted octanol–water partition coefficient (Wildman–Crippen LogP) is 1.50. The number of esters is 1. The molecule has 1 aromatic rings. The summed E-state index contributed by atoms with van der Waals surface area (Å²) in [7, 11) is -3.41. The van der Waals surface area contributed by atoms with Crippen LogP contribution in [0, 0.1) is 6.92 Å². The molecule has 17 heavy (non-hydrogen) atoms. The molecule has 1 rings (SSSR count). The van der Waals surface area contributed by atoms with Gasteiger partial charge in [-0.3, -0.25) is 0 Å². The highest BCUT2D eigenvalue weighted by atomic mass is 32.2. The Hall–Kier alpha value is -1.62. The van der Waals surface area contributed by atoms with Crippen molar-refractivity contribution >= 4 is 15.8 Å². The zero-order chi connectivity index (χ0) is 12.9. The van der Waals surface area contributed by atoms with E-state index in [0.29, 0.717) is 5.56 Å². The van der Waals surface area contributed by atoms with E-state index in [1.807, 2.05) is 0 Å². The van der Waals surface area contributed by atoms with Crippen LogP contribution in [0.15, 0.2) is 41.8 Å². The number of sulfone groups is 1. The Labute approximate surface area is 101 Å². The first kappa shape index (κ1) is 13.4. The molecule has 0 N–H and O–H groups in total. The molecule has 0 unspecified atom stereocenters. The molecule has 0 aliphatic carbocycles. The third-order valence-corrected chi connectivity index (χ3v) is 4.02. The van der Waals surface area contributed by atoms with Crippen molar-refractivity contribution < 1.29 is 17.9 Å². The van der Waals surface area contributed by atoms with Gasteiger partial charge in [-0.1, -0.05) is 24.8 Å². The van der Waals surface area contributed by atoms with Crippen molar-refractivity contribution in [2.24, 2.45) is 0 Å². The molecule has 0 aromatic heterocycles. The molecule has 92 valence electrons. The third-order valence-electron chi connectivity index (χ3n) is 2.19. The molecular formula is C12H14O4S. The molecule has 4 nitrogen and oxygen atoms in total. The lowest BCUT2D eigenvalue weighted by molar-refractivity contribution is -0.137. The largest absolute Gasteiger partial charge is 0.461 e. The van der Waals surface area contributed by atoms with Crippen LogP contribution in [0.4, 0.5) is 0 Å². The second-order valence-electron chi connectivity index (χ2n) is 3.46. The van der Waals surface area contributed by atoms with Crippen LogP contribution in [0.3, 0.4) is 0 Å². The number of hydrogen-bond acceptors (Lipinski definition) is 4. The van der Waals surface area contributed by atoms with E-state index in [-0.39, 0.29) is 17.3 Å². The summed E-state index contributed by atoms with van der Waals surface area (Å²) in [4.78, 5) is 11.0. The highest BCUT2D eigenvalue weighted by molar-refractivity contribution is 7.91. The molecule has 0 saturated heterocycles. The number of aryl methyl sites for hydroxylation is 1. The summed E-state index contributed by atoms with van der Waals surface area (Å²) < 4.78 is 28.5. The van der Waals surface area contributed by atoms with Crippen molar-refractivity contribution in [2.45, 2.75) is 11.8 Å². The molecule has 0 radical (unpaired) electrons. The van der Waals surface area contributed by atoms with Gasteiger partial charge in [-0.15, -0.1) is 0 Å². The lowest BCUT2D eigenvalue weighted by atomic mass is 10.2. The Morgan fingerprint density at radius 2 is 2.06 bits per heavy atom. The Bertz CT molecular complexity index is 517. The molecule has 0 amide bonds. The van der Waals surface area contributed by atoms with Crippen LogP contribution in [0.5, 0.6) is 0 Å². The molecule has 0 aliphatic heterocycles. The lowest BCUT2D eigenvalue weighted by Crippen LogP contribution is -2.15. The van der Waals surface area contributed by atoms with E-state index < -0.39 is 15.8 Å². The van der Waals surface area contributed by atoms with Gasteiger partial charge in [0, 0.05) is 6.08 Å². The van der Waals surface area contributed by atoms with Crippen molar-refractivity contribution in [3.05, 3.63) is 42.5 Å². The van der Waals surface area contributed by atoms with E-state index >= 15 is 0 Å². The van der Waals surface area contributed by atoms with E-state index in [1.165, 1.54) is 0 Å². The normalized spacial score (nSPS) is 10.9. The summed E-state index contributed by atoms with van der Waals surface area (Å²) >= 11 is 0. The summed E-state index contributed by atoms with van der Waals surface area (Å²) in [6, 6.07) is 6.70. The van der Waals surface area contributed by atoms with Gasteiger partial charge in [-0.05, 0) is 18.6 Å². The molecule has 0 aliphatic rings. The van der Waals surface area contributed by atoms with Crippen molar-refractivity contribution in [1.82, 2.24) is 0 Å². The van der Waals surface area contributed by atoms with Crippen LogP contribution in [0.1, 0.15) is 5.56 Å². The first-order valence-electron chi connectivity index (χ1n) is 5.05.